The Morgan fingerprint density at radius 1 is 1.20 bits per heavy atom. The van der Waals surface area contributed by atoms with Crippen molar-refractivity contribution >= 4 is 18.5 Å². The summed E-state index contributed by atoms with van der Waals surface area (Å²) in [4.78, 5) is 7.79. The number of hydrogen-bond acceptors (Lipinski definition) is 6. The van der Waals surface area contributed by atoms with Gasteiger partial charge >= 0.3 is 12.7 Å². The van der Waals surface area contributed by atoms with Crippen molar-refractivity contribution in [3.8, 4) is 6.01 Å². The van der Waals surface area contributed by atoms with Crippen LogP contribution < -0.4 is 4.52 Å². The third kappa shape index (κ3) is 4.22. The molecule has 0 bridgehead atoms. The lowest BCUT2D eigenvalue weighted by molar-refractivity contribution is 0.214. The predicted molar refractivity (Wildman–Crippen MR) is 60.2 cm³/mol. The first-order valence-electron chi connectivity index (χ1n) is 4.56. The fourth-order valence-corrected chi connectivity index (χ4v) is 2.78. The van der Waals surface area contributed by atoms with Gasteiger partial charge in [-0.1, -0.05) is 0 Å². The van der Waals surface area contributed by atoms with E-state index in [2.05, 4.69) is 9.97 Å². The molecule has 0 saturated heterocycles. The highest BCUT2D eigenvalue weighted by atomic mass is 32.5. The van der Waals surface area contributed by atoms with Crippen LogP contribution >= 0.6 is 6.72 Å². The van der Waals surface area contributed by atoms with Crippen LogP contribution in [0.1, 0.15) is 13.8 Å². The summed E-state index contributed by atoms with van der Waals surface area (Å²) in [5, 5.41) is 0. The molecular weight excluding hydrogens is 235 g/mol. The molecule has 0 N–H and O–H groups in total. The van der Waals surface area contributed by atoms with Crippen LogP contribution in [-0.4, -0.2) is 23.2 Å². The van der Waals surface area contributed by atoms with Crippen molar-refractivity contribution in [2.45, 2.75) is 13.8 Å². The van der Waals surface area contributed by atoms with Gasteiger partial charge in [0.05, 0.1) is 13.2 Å². The highest BCUT2D eigenvalue weighted by Crippen LogP contribution is 2.48. The third-order valence-electron chi connectivity index (χ3n) is 1.31. The Kier molecular flexibility index (Phi) is 5.11. The lowest BCUT2D eigenvalue weighted by Gasteiger charge is -2.19. The highest BCUT2D eigenvalue weighted by molar-refractivity contribution is 8.07. The maximum absolute atomic E-state index is 5.34. The molecule has 0 fully saturated rings. The van der Waals surface area contributed by atoms with Crippen molar-refractivity contribution in [2.75, 3.05) is 13.2 Å². The molecule has 1 heterocycles. The van der Waals surface area contributed by atoms with Crippen molar-refractivity contribution in [3.63, 3.8) is 0 Å². The Bertz CT molecular complexity index is 326. The Labute approximate surface area is 94.1 Å². The van der Waals surface area contributed by atoms with Gasteiger partial charge in [-0.15, -0.1) is 0 Å². The van der Waals surface area contributed by atoms with Gasteiger partial charge in [0, 0.05) is 24.2 Å². The van der Waals surface area contributed by atoms with Crippen LogP contribution in [0.4, 0.5) is 0 Å². The minimum Gasteiger partial charge on any atom is -0.389 e. The first-order valence-corrected chi connectivity index (χ1v) is 7.11. The van der Waals surface area contributed by atoms with E-state index in [0.29, 0.717) is 13.2 Å². The van der Waals surface area contributed by atoms with Gasteiger partial charge in [0.1, 0.15) is 0 Å². The Hall–Kier alpha value is -0.550. The minimum absolute atomic E-state index is 0.183. The molecule has 0 saturated carbocycles. The number of nitrogens with zero attached hydrogens (tertiary/aromatic N) is 2. The zero-order valence-corrected chi connectivity index (χ0v) is 10.3. The summed E-state index contributed by atoms with van der Waals surface area (Å²) in [6.07, 6.45) is 3.14. The topological polar surface area (TPSA) is 53.5 Å². The van der Waals surface area contributed by atoms with E-state index in [1.807, 2.05) is 13.8 Å². The largest absolute Gasteiger partial charge is 0.389 e. The fraction of sp³-hybridized carbons (Fsp3) is 0.500. The van der Waals surface area contributed by atoms with Crippen molar-refractivity contribution in [1.29, 1.82) is 0 Å². The average Bonchev–Trinajstić information content (AvgIpc) is 2.19. The Morgan fingerprint density at radius 3 is 2.20 bits per heavy atom. The third-order valence-corrected chi connectivity index (χ3v) is 3.70. The lowest BCUT2D eigenvalue weighted by atomic mass is 10.7. The van der Waals surface area contributed by atoms with Crippen molar-refractivity contribution in [2.24, 2.45) is 0 Å². The van der Waals surface area contributed by atoms with E-state index >= 15 is 0 Å². The number of aromatic nitrogens is 2. The second-order valence-electron chi connectivity index (χ2n) is 2.41. The lowest BCUT2D eigenvalue weighted by Crippen LogP contribution is -2.03. The summed E-state index contributed by atoms with van der Waals surface area (Å²) >= 11 is 5.15. The van der Waals surface area contributed by atoms with Crippen LogP contribution in [0.15, 0.2) is 18.5 Å². The maximum atomic E-state index is 5.34. The van der Waals surface area contributed by atoms with Gasteiger partial charge in [-0.2, -0.15) is 0 Å². The molecule has 0 aliphatic heterocycles. The molecule has 15 heavy (non-hydrogen) atoms. The summed E-state index contributed by atoms with van der Waals surface area (Å²) in [6.45, 7) is 1.79. The predicted octanol–water partition coefficient (Wildman–Crippen LogP) is 2.15. The van der Waals surface area contributed by atoms with E-state index in [9.17, 15) is 0 Å². The van der Waals surface area contributed by atoms with Gasteiger partial charge in [0.15, 0.2) is 0 Å². The van der Waals surface area contributed by atoms with E-state index in [4.69, 9.17) is 25.4 Å². The first-order chi connectivity index (χ1) is 7.20. The monoisotopic (exact) mass is 248 g/mol. The molecule has 1 aromatic heterocycles. The van der Waals surface area contributed by atoms with Crippen LogP contribution in [0.25, 0.3) is 0 Å². The van der Waals surface area contributed by atoms with Crippen LogP contribution in [0, 0.1) is 0 Å². The molecule has 0 aromatic carbocycles. The van der Waals surface area contributed by atoms with Crippen LogP contribution in [0.2, 0.25) is 0 Å². The van der Waals surface area contributed by atoms with Crippen molar-refractivity contribution in [3.05, 3.63) is 18.5 Å². The van der Waals surface area contributed by atoms with E-state index < -0.39 is 6.72 Å². The average molecular weight is 248 g/mol. The fourth-order valence-electron chi connectivity index (χ4n) is 0.839. The maximum Gasteiger partial charge on any atom is 0.382 e. The van der Waals surface area contributed by atoms with Crippen LogP contribution in [0.3, 0.4) is 0 Å². The van der Waals surface area contributed by atoms with Gasteiger partial charge in [-0.3, -0.25) is 9.05 Å². The number of hydrogen-bond donors (Lipinski definition) is 0. The molecule has 0 unspecified atom stereocenters. The molecule has 84 valence electrons. The summed E-state index contributed by atoms with van der Waals surface area (Å²) in [5.41, 5.74) is 0. The molecular formula is C8H13N2O3PS. The van der Waals surface area contributed by atoms with Gasteiger partial charge in [0.2, 0.25) is 0 Å². The summed E-state index contributed by atoms with van der Waals surface area (Å²) < 4.78 is 15.9. The van der Waals surface area contributed by atoms with E-state index in [1.54, 1.807) is 18.5 Å². The Morgan fingerprint density at radius 2 is 1.73 bits per heavy atom. The van der Waals surface area contributed by atoms with E-state index in [-0.39, 0.29) is 6.01 Å². The van der Waals surface area contributed by atoms with Crippen LogP contribution in [-0.2, 0) is 20.9 Å². The zero-order valence-electron chi connectivity index (χ0n) is 8.62. The molecule has 0 amide bonds. The first kappa shape index (κ1) is 12.5. The summed E-state index contributed by atoms with van der Waals surface area (Å²) in [6, 6.07) is 1.88. The van der Waals surface area contributed by atoms with Gasteiger partial charge in [0.25, 0.3) is 0 Å². The molecule has 1 aromatic rings. The summed E-state index contributed by atoms with van der Waals surface area (Å²) in [5.74, 6) is 0. The van der Waals surface area contributed by atoms with Gasteiger partial charge < -0.3 is 4.52 Å². The van der Waals surface area contributed by atoms with Gasteiger partial charge in [-0.25, -0.2) is 9.97 Å². The SMILES string of the molecule is CCOP(=S)(OCC)Oc1ncccn1. The standard InChI is InChI=1S/C8H13N2O3PS/c1-3-11-14(15,12-4-2)13-8-9-6-5-7-10-8/h5-7H,3-4H2,1-2H3. The number of rotatable bonds is 6. The van der Waals surface area contributed by atoms with Crippen molar-refractivity contribution in [1.82, 2.24) is 9.97 Å². The van der Waals surface area contributed by atoms with E-state index in [1.165, 1.54) is 0 Å². The zero-order chi connectivity index (χ0) is 11.1. The van der Waals surface area contributed by atoms with Crippen LogP contribution in [0.5, 0.6) is 6.01 Å². The summed E-state index contributed by atoms with van der Waals surface area (Å²) in [7, 11) is 0. The quantitative estimate of drug-likeness (QED) is 0.719. The molecule has 7 heteroatoms. The molecule has 0 spiro atoms. The molecule has 5 nitrogen and oxygen atoms in total. The molecule has 0 aliphatic carbocycles. The molecule has 0 aliphatic rings. The molecule has 1 rings (SSSR count). The second kappa shape index (κ2) is 6.12. The van der Waals surface area contributed by atoms with Gasteiger partial charge in [-0.05, 0) is 19.9 Å². The normalized spacial score (nSPS) is 11.3. The second-order valence-corrected chi connectivity index (χ2v) is 5.34. The van der Waals surface area contributed by atoms with Crippen molar-refractivity contribution < 1.29 is 13.6 Å². The van der Waals surface area contributed by atoms with E-state index in [0.717, 1.165) is 0 Å². The molecule has 0 radical (unpaired) electrons. The minimum atomic E-state index is -2.73. The smallest absolute Gasteiger partial charge is 0.382 e. The molecule has 0 atom stereocenters. The Balaban J connectivity index is 2.71. The highest BCUT2D eigenvalue weighted by Gasteiger charge is 2.22.